The van der Waals surface area contributed by atoms with Crippen molar-refractivity contribution in [1.82, 2.24) is 15.2 Å². The van der Waals surface area contributed by atoms with Crippen LogP contribution in [0.3, 0.4) is 0 Å². The van der Waals surface area contributed by atoms with E-state index in [0.717, 1.165) is 31.5 Å². The van der Waals surface area contributed by atoms with Gasteiger partial charge in [-0.2, -0.15) is 0 Å². The summed E-state index contributed by atoms with van der Waals surface area (Å²) >= 11 is 0. The van der Waals surface area contributed by atoms with E-state index >= 15 is 0 Å². The largest absolute Gasteiger partial charge is 0.444 e. The van der Waals surface area contributed by atoms with E-state index in [9.17, 15) is 9.18 Å². The van der Waals surface area contributed by atoms with Crippen molar-refractivity contribution in [3.05, 3.63) is 29.8 Å². The van der Waals surface area contributed by atoms with E-state index < -0.39 is 5.60 Å². The Balaban J connectivity index is 1.55. The summed E-state index contributed by atoms with van der Waals surface area (Å²) in [5.41, 5.74) is 0.536. The van der Waals surface area contributed by atoms with Crippen LogP contribution in [0, 0.1) is 11.2 Å². The number of likely N-dealkylation sites (tertiary alicyclic amines) is 1. The zero-order chi connectivity index (χ0) is 17.4. The first-order chi connectivity index (χ1) is 11.3. The highest BCUT2D eigenvalue weighted by atomic mass is 19.1. The number of nitrogens with one attached hydrogen (secondary N) is 1. The molecule has 0 aromatic carbocycles. The van der Waals surface area contributed by atoms with Gasteiger partial charge in [-0.3, -0.25) is 4.98 Å². The molecule has 24 heavy (non-hydrogen) atoms. The minimum absolute atomic E-state index is 0.162. The van der Waals surface area contributed by atoms with Gasteiger partial charge >= 0.3 is 6.09 Å². The number of amides is 1. The molecule has 1 atom stereocenters. The zero-order valence-electron chi connectivity index (χ0n) is 14.6. The van der Waals surface area contributed by atoms with Gasteiger partial charge in [-0.05, 0) is 52.2 Å². The van der Waals surface area contributed by atoms with Gasteiger partial charge in [0.05, 0.1) is 11.9 Å². The molecule has 0 bridgehead atoms. The standard InChI is InChI=1S/C18H26FN3O2/c1-17(2,3)24-16(23)22-9-6-15(18(12-22)7-8-18)21-11-14-5-4-13(19)10-20-14/h4-5,10,15,21H,6-9,11-12H2,1-3H3. The van der Waals surface area contributed by atoms with Gasteiger partial charge in [-0.15, -0.1) is 0 Å². The van der Waals surface area contributed by atoms with Gasteiger partial charge in [0.15, 0.2) is 0 Å². The molecule has 0 radical (unpaired) electrons. The van der Waals surface area contributed by atoms with Crippen molar-refractivity contribution in [2.24, 2.45) is 5.41 Å². The molecule has 132 valence electrons. The van der Waals surface area contributed by atoms with Crippen LogP contribution in [-0.2, 0) is 11.3 Å². The first-order valence-electron chi connectivity index (χ1n) is 8.59. The molecule has 5 nitrogen and oxygen atoms in total. The van der Waals surface area contributed by atoms with Crippen LogP contribution < -0.4 is 5.32 Å². The maximum atomic E-state index is 12.9. The van der Waals surface area contributed by atoms with Crippen molar-refractivity contribution >= 4 is 6.09 Å². The highest BCUT2D eigenvalue weighted by Gasteiger charge is 2.53. The van der Waals surface area contributed by atoms with E-state index in [1.807, 2.05) is 25.7 Å². The number of halogens is 1. The topological polar surface area (TPSA) is 54.5 Å². The summed E-state index contributed by atoms with van der Waals surface area (Å²) < 4.78 is 18.4. The molecule has 2 aliphatic rings. The fourth-order valence-electron chi connectivity index (χ4n) is 3.37. The van der Waals surface area contributed by atoms with Crippen LogP contribution in [0.4, 0.5) is 9.18 Å². The number of ether oxygens (including phenoxy) is 1. The van der Waals surface area contributed by atoms with Gasteiger partial charge in [0, 0.05) is 31.1 Å². The van der Waals surface area contributed by atoms with E-state index in [2.05, 4.69) is 10.3 Å². The number of pyridine rings is 1. The molecule has 1 aliphatic carbocycles. The lowest BCUT2D eigenvalue weighted by Crippen LogP contribution is -2.53. The molecule has 3 rings (SSSR count). The molecule has 1 aromatic heterocycles. The molecule has 1 spiro atoms. The van der Waals surface area contributed by atoms with Gasteiger partial charge in [0.25, 0.3) is 0 Å². The van der Waals surface area contributed by atoms with E-state index in [0.29, 0.717) is 19.1 Å². The van der Waals surface area contributed by atoms with Crippen molar-refractivity contribution in [2.75, 3.05) is 13.1 Å². The van der Waals surface area contributed by atoms with Gasteiger partial charge in [0.1, 0.15) is 11.4 Å². The summed E-state index contributed by atoms with van der Waals surface area (Å²) in [6.45, 7) is 7.74. The maximum Gasteiger partial charge on any atom is 0.410 e. The molecule has 2 heterocycles. The van der Waals surface area contributed by atoms with E-state index in [-0.39, 0.29) is 17.3 Å². The minimum Gasteiger partial charge on any atom is -0.444 e. The molecule has 1 N–H and O–H groups in total. The van der Waals surface area contributed by atoms with Gasteiger partial charge in [-0.25, -0.2) is 9.18 Å². The van der Waals surface area contributed by atoms with Crippen molar-refractivity contribution in [3.8, 4) is 0 Å². The molecule has 1 saturated carbocycles. The summed E-state index contributed by atoms with van der Waals surface area (Å²) in [7, 11) is 0. The Bertz CT molecular complexity index is 593. The molecule has 1 saturated heterocycles. The summed E-state index contributed by atoms with van der Waals surface area (Å²) in [4.78, 5) is 18.2. The lowest BCUT2D eigenvalue weighted by molar-refractivity contribution is 0.0105. The molecule has 1 aliphatic heterocycles. The Morgan fingerprint density at radius 1 is 1.46 bits per heavy atom. The SMILES string of the molecule is CC(C)(C)OC(=O)N1CCC(NCc2ccc(F)cn2)C2(CC2)C1. The Morgan fingerprint density at radius 2 is 2.21 bits per heavy atom. The highest BCUT2D eigenvalue weighted by molar-refractivity contribution is 5.68. The van der Waals surface area contributed by atoms with Gasteiger partial charge < -0.3 is 15.0 Å². The molecule has 1 unspecified atom stereocenters. The number of carbonyl (C=O) groups excluding carboxylic acids is 1. The number of nitrogens with zero attached hydrogens (tertiary/aromatic N) is 2. The Morgan fingerprint density at radius 3 is 2.79 bits per heavy atom. The summed E-state index contributed by atoms with van der Waals surface area (Å²) in [6.07, 6.45) is 4.18. The van der Waals surface area contributed by atoms with E-state index in [1.54, 1.807) is 6.07 Å². The average molecular weight is 335 g/mol. The van der Waals surface area contributed by atoms with Crippen LogP contribution in [-0.4, -0.2) is 40.7 Å². The quantitative estimate of drug-likeness (QED) is 0.922. The monoisotopic (exact) mass is 335 g/mol. The number of aromatic nitrogens is 1. The third kappa shape index (κ3) is 4.04. The third-order valence-electron chi connectivity index (χ3n) is 4.79. The lowest BCUT2D eigenvalue weighted by Gasteiger charge is -2.40. The summed E-state index contributed by atoms with van der Waals surface area (Å²) in [5, 5.41) is 3.55. The van der Waals surface area contributed by atoms with Gasteiger partial charge in [0.2, 0.25) is 0 Å². The van der Waals surface area contributed by atoms with Crippen LogP contribution in [0.1, 0.15) is 45.7 Å². The fraction of sp³-hybridized carbons (Fsp3) is 0.667. The van der Waals surface area contributed by atoms with Gasteiger partial charge in [-0.1, -0.05) is 0 Å². The second-order valence-corrected chi connectivity index (χ2v) is 7.95. The van der Waals surface area contributed by atoms with Crippen LogP contribution in [0.5, 0.6) is 0 Å². The second kappa shape index (κ2) is 6.31. The minimum atomic E-state index is -0.461. The normalized spacial score (nSPS) is 22.5. The number of hydrogen-bond acceptors (Lipinski definition) is 4. The maximum absolute atomic E-state index is 12.9. The molecule has 1 amide bonds. The number of rotatable bonds is 3. The lowest BCUT2D eigenvalue weighted by atomic mass is 9.89. The molecule has 6 heteroatoms. The number of carbonyl (C=O) groups is 1. The Hall–Kier alpha value is -1.69. The van der Waals surface area contributed by atoms with Crippen LogP contribution >= 0.6 is 0 Å². The van der Waals surface area contributed by atoms with Crippen LogP contribution in [0.2, 0.25) is 0 Å². The predicted molar refractivity (Wildman–Crippen MR) is 88.9 cm³/mol. The van der Waals surface area contributed by atoms with Crippen LogP contribution in [0.15, 0.2) is 18.3 Å². The second-order valence-electron chi connectivity index (χ2n) is 7.95. The van der Waals surface area contributed by atoms with E-state index in [4.69, 9.17) is 4.74 Å². The van der Waals surface area contributed by atoms with Crippen molar-refractivity contribution < 1.29 is 13.9 Å². The van der Waals surface area contributed by atoms with Crippen LogP contribution in [0.25, 0.3) is 0 Å². The molecular formula is C18H26FN3O2. The average Bonchev–Trinajstić information content (AvgIpc) is 3.26. The third-order valence-corrected chi connectivity index (χ3v) is 4.79. The Labute approximate surface area is 142 Å². The summed E-state index contributed by atoms with van der Waals surface area (Å²) in [5.74, 6) is -0.317. The summed E-state index contributed by atoms with van der Waals surface area (Å²) in [6, 6.07) is 3.50. The number of hydrogen-bond donors (Lipinski definition) is 1. The highest BCUT2D eigenvalue weighted by Crippen LogP contribution is 2.52. The van der Waals surface area contributed by atoms with Crippen molar-refractivity contribution in [2.45, 2.75) is 58.2 Å². The first kappa shape index (κ1) is 17.1. The zero-order valence-corrected chi connectivity index (χ0v) is 14.6. The first-order valence-corrected chi connectivity index (χ1v) is 8.59. The van der Waals surface area contributed by atoms with E-state index in [1.165, 1.54) is 12.3 Å². The Kier molecular flexibility index (Phi) is 4.51. The van der Waals surface area contributed by atoms with Crippen molar-refractivity contribution in [3.63, 3.8) is 0 Å². The predicted octanol–water partition coefficient (Wildman–Crippen LogP) is 3.10. The number of piperidine rings is 1. The molecular weight excluding hydrogens is 309 g/mol. The fourth-order valence-corrected chi connectivity index (χ4v) is 3.37. The molecule has 1 aromatic rings. The van der Waals surface area contributed by atoms with Crippen molar-refractivity contribution in [1.29, 1.82) is 0 Å². The molecule has 2 fully saturated rings. The smallest absolute Gasteiger partial charge is 0.410 e.